The van der Waals surface area contributed by atoms with Gasteiger partial charge in [0.05, 0.1) is 23.2 Å². The molecule has 0 spiro atoms. The summed E-state index contributed by atoms with van der Waals surface area (Å²) in [5.41, 5.74) is 7.52. The zero-order valence-corrected chi connectivity index (χ0v) is 21.9. The predicted octanol–water partition coefficient (Wildman–Crippen LogP) is 6.62. The fraction of sp³-hybridized carbons (Fsp3) is 0.357. The smallest absolute Gasteiger partial charge is 0.264 e. The summed E-state index contributed by atoms with van der Waals surface area (Å²) in [6.07, 6.45) is 5.28. The number of thioether (sulfide) groups is 1. The van der Waals surface area contributed by atoms with Gasteiger partial charge in [-0.3, -0.25) is 4.79 Å². The number of fused-ring (bicyclic) bond motifs is 1. The summed E-state index contributed by atoms with van der Waals surface area (Å²) >= 11 is 1.36. The summed E-state index contributed by atoms with van der Waals surface area (Å²) < 4.78 is 5.77. The lowest BCUT2D eigenvalue weighted by atomic mass is 9.87. The van der Waals surface area contributed by atoms with Crippen LogP contribution in [0.3, 0.4) is 0 Å². The number of aliphatic imine (C=N–C) groups is 1. The molecule has 0 aromatic heterocycles. The molecule has 2 aliphatic rings. The van der Waals surface area contributed by atoms with Crippen molar-refractivity contribution in [2.75, 3.05) is 18.6 Å². The molecule has 1 amide bonds. The van der Waals surface area contributed by atoms with Crippen molar-refractivity contribution in [3.05, 3.63) is 63.6 Å². The van der Waals surface area contributed by atoms with Crippen LogP contribution in [0.2, 0.25) is 0 Å². The average molecular weight is 476 g/mol. The number of anilines is 1. The number of ether oxygens (including phenoxy) is 1. The number of allylic oxidation sites excluding steroid dienone is 1. The Morgan fingerprint density at radius 1 is 1.12 bits per heavy atom. The molecule has 0 bridgehead atoms. The third kappa shape index (κ3) is 4.78. The zero-order valence-electron chi connectivity index (χ0n) is 21.1. The normalized spacial score (nSPS) is 19.3. The minimum absolute atomic E-state index is 0.0706. The number of hydrogen-bond donors (Lipinski definition) is 1. The van der Waals surface area contributed by atoms with Gasteiger partial charge in [0.2, 0.25) is 0 Å². The van der Waals surface area contributed by atoms with Gasteiger partial charge in [0.25, 0.3) is 5.91 Å². The van der Waals surface area contributed by atoms with Crippen LogP contribution in [0.5, 0.6) is 5.75 Å². The van der Waals surface area contributed by atoms with Crippen molar-refractivity contribution in [3.63, 3.8) is 0 Å². The number of amidine groups is 1. The number of rotatable bonds is 5. The summed E-state index contributed by atoms with van der Waals surface area (Å²) in [7, 11) is 1.68. The maximum atomic E-state index is 12.7. The van der Waals surface area contributed by atoms with E-state index < -0.39 is 0 Å². The molecular formula is C28H33N3O2S. The number of carbonyl (C=O) groups is 1. The lowest BCUT2D eigenvalue weighted by Gasteiger charge is -2.43. The minimum Gasteiger partial charge on any atom is -0.496 e. The quantitative estimate of drug-likeness (QED) is 0.494. The lowest BCUT2D eigenvalue weighted by Crippen LogP contribution is -2.45. The number of benzene rings is 2. The average Bonchev–Trinajstić information content (AvgIpc) is 3.08. The van der Waals surface area contributed by atoms with Gasteiger partial charge in [-0.1, -0.05) is 19.1 Å². The van der Waals surface area contributed by atoms with E-state index >= 15 is 0 Å². The number of nitrogens with one attached hydrogen (secondary N) is 1. The Kier molecular flexibility index (Phi) is 6.63. The van der Waals surface area contributed by atoms with E-state index in [1.165, 1.54) is 28.6 Å². The van der Waals surface area contributed by atoms with Crippen LogP contribution in [0, 0.1) is 13.8 Å². The first-order valence-electron chi connectivity index (χ1n) is 11.7. The van der Waals surface area contributed by atoms with E-state index in [-0.39, 0.29) is 11.4 Å². The maximum absolute atomic E-state index is 12.7. The second kappa shape index (κ2) is 9.34. The predicted molar refractivity (Wildman–Crippen MR) is 145 cm³/mol. The highest BCUT2D eigenvalue weighted by Gasteiger charge is 2.32. The molecule has 0 aliphatic carbocycles. The van der Waals surface area contributed by atoms with Crippen molar-refractivity contribution < 1.29 is 9.53 Å². The van der Waals surface area contributed by atoms with Gasteiger partial charge in [0, 0.05) is 29.4 Å². The fourth-order valence-corrected chi connectivity index (χ4v) is 5.63. The van der Waals surface area contributed by atoms with Gasteiger partial charge >= 0.3 is 0 Å². The monoisotopic (exact) mass is 475 g/mol. The van der Waals surface area contributed by atoms with Crippen LogP contribution in [0.1, 0.15) is 56.4 Å². The summed E-state index contributed by atoms with van der Waals surface area (Å²) in [6, 6.07) is 10.4. The number of nitrogens with zero attached hydrogens (tertiary/aromatic N) is 2. The van der Waals surface area contributed by atoms with Crippen molar-refractivity contribution >= 4 is 45.9 Å². The molecule has 5 nitrogen and oxygen atoms in total. The first-order chi connectivity index (χ1) is 16.1. The number of amides is 1. The fourth-order valence-electron chi connectivity index (χ4n) is 4.80. The van der Waals surface area contributed by atoms with Crippen molar-refractivity contribution in [2.24, 2.45) is 4.99 Å². The van der Waals surface area contributed by atoms with Crippen molar-refractivity contribution in [1.29, 1.82) is 0 Å². The topological polar surface area (TPSA) is 53.9 Å². The van der Waals surface area contributed by atoms with Crippen LogP contribution in [0.25, 0.3) is 11.6 Å². The van der Waals surface area contributed by atoms with E-state index in [0.29, 0.717) is 10.1 Å². The molecular weight excluding hydrogens is 442 g/mol. The van der Waals surface area contributed by atoms with Crippen LogP contribution in [0.4, 0.5) is 11.4 Å². The molecule has 1 N–H and O–H groups in total. The van der Waals surface area contributed by atoms with E-state index in [4.69, 9.17) is 4.74 Å². The van der Waals surface area contributed by atoms with Gasteiger partial charge in [0.15, 0.2) is 5.17 Å². The SMILES string of the molecule is CCCN1c2cc(OC)c(/C=C3/SC(=Nc4cc(C)cc(C)c4)NC3=O)cc2C(C)=CC1(C)C. The second-order valence-electron chi connectivity index (χ2n) is 9.57. The second-order valence-corrected chi connectivity index (χ2v) is 10.6. The van der Waals surface area contributed by atoms with E-state index in [2.05, 4.69) is 67.2 Å². The standard InChI is InChI=1S/C28H33N3O2S/c1-8-9-31-23-15-24(33-7)20(13-22(23)19(4)16-28(31,5)6)14-25-26(32)30-27(34-25)29-21-11-17(2)10-18(3)12-21/h10-16H,8-9H2,1-7H3,(H,29,30,32)/b25-14+. The molecule has 178 valence electrons. The van der Waals surface area contributed by atoms with Gasteiger partial charge in [-0.2, -0.15) is 0 Å². The Morgan fingerprint density at radius 2 is 1.82 bits per heavy atom. The van der Waals surface area contributed by atoms with Crippen molar-refractivity contribution in [1.82, 2.24) is 5.32 Å². The summed E-state index contributed by atoms with van der Waals surface area (Å²) in [4.78, 5) is 20.4. The molecule has 0 atom stereocenters. The molecule has 1 saturated heterocycles. The van der Waals surface area contributed by atoms with E-state index in [0.717, 1.165) is 41.1 Å². The molecule has 2 aromatic carbocycles. The van der Waals surface area contributed by atoms with Crippen LogP contribution in [-0.4, -0.2) is 30.3 Å². The van der Waals surface area contributed by atoms with Crippen LogP contribution >= 0.6 is 11.8 Å². The molecule has 2 aromatic rings. The van der Waals surface area contributed by atoms with Crippen LogP contribution in [0.15, 0.2) is 46.3 Å². The third-order valence-corrected chi connectivity index (χ3v) is 7.06. The van der Waals surface area contributed by atoms with Gasteiger partial charge in [-0.25, -0.2) is 4.99 Å². The Morgan fingerprint density at radius 3 is 2.47 bits per heavy atom. The van der Waals surface area contributed by atoms with E-state index in [1.807, 2.05) is 32.1 Å². The number of aryl methyl sites for hydroxylation is 2. The number of methoxy groups -OCH3 is 1. The Bertz CT molecular complexity index is 1220. The van der Waals surface area contributed by atoms with Crippen LogP contribution < -0.4 is 15.0 Å². The molecule has 0 unspecified atom stereocenters. The highest BCUT2D eigenvalue weighted by atomic mass is 32.2. The molecule has 1 fully saturated rings. The van der Waals surface area contributed by atoms with E-state index in [1.54, 1.807) is 7.11 Å². The molecule has 0 radical (unpaired) electrons. The summed E-state index contributed by atoms with van der Waals surface area (Å²) in [6.45, 7) is 13.9. The number of carbonyl (C=O) groups excluding carboxylic acids is 1. The van der Waals surface area contributed by atoms with Gasteiger partial charge < -0.3 is 15.0 Å². The first-order valence-corrected chi connectivity index (χ1v) is 12.5. The van der Waals surface area contributed by atoms with Gasteiger partial charge in [0.1, 0.15) is 5.75 Å². The van der Waals surface area contributed by atoms with Gasteiger partial charge in [-0.15, -0.1) is 0 Å². The summed E-state index contributed by atoms with van der Waals surface area (Å²) in [5.74, 6) is 0.611. The lowest BCUT2D eigenvalue weighted by molar-refractivity contribution is -0.115. The molecule has 2 aliphatic heterocycles. The Balaban J connectivity index is 1.71. The highest BCUT2D eigenvalue weighted by molar-refractivity contribution is 8.18. The van der Waals surface area contributed by atoms with Crippen molar-refractivity contribution in [3.8, 4) is 5.75 Å². The Labute approximate surface area is 207 Å². The van der Waals surface area contributed by atoms with Gasteiger partial charge in [-0.05, 0) is 93.8 Å². The molecule has 0 saturated carbocycles. The maximum Gasteiger partial charge on any atom is 0.264 e. The largest absolute Gasteiger partial charge is 0.496 e. The highest BCUT2D eigenvalue weighted by Crippen LogP contribution is 2.43. The molecule has 6 heteroatoms. The summed E-state index contributed by atoms with van der Waals surface area (Å²) in [5, 5.41) is 3.49. The number of hydrogen-bond acceptors (Lipinski definition) is 5. The third-order valence-electron chi connectivity index (χ3n) is 6.15. The zero-order chi connectivity index (χ0) is 24.6. The first kappa shape index (κ1) is 24.1. The molecule has 4 rings (SSSR count). The minimum atomic E-state index is -0.145. The molecule has 2 heterocycles. The van der Waals surface area contributed by atoms with Crippen LogP contribution in [-0.2, 0) is 4.79 Å². The van der Waals surface area contributed by atoms with E-state index in [9.17, 15) is 4.79 Å². The Hall–Kier alpha value is -2.99. The van der Waals surface area contributed by atoms with Crippen molar-refractivity contribution in [2.45, 2.75) is 53.5 Å². The molecule has 34 heavy (non-hydrogen) atoms.